The smallest absolute Gasteiger partial charge is 0.264 e. The van der Waals surface area contributed by atoms with Crippen LogP contribution in [0.5, 0.6) is 0 Å². The fourth-order valence-corrected chi connectivity index (χ4v) is 5.65. The van der Waals surface area contributed by atoms with Crippen LogP contribution < -0.4 is 4.90 Å². The van der Waals surface area contributed by atoms with E-state index in [4.69, 9.17) is 5.10 Å². The van der Waals surface area contributed by atoms with E-state index in [1.165, 1.54) is 28.2 Å². The van der Waals surface area contributed by atoms with Crippen LogP contribution >= 0.6 is 0 Å². The van der Waals surface area contributed by atoms with Crippen molar-refractivity contribution in [2.75, 3.05) is 11.4 Å². The van der Waals surface area contributed by atoms with E-state index < -0.39 is 35.6 Å². The number of fused-ring (bicyclic) bond motifs is 2. The van der Waals surface area contributed by atoms with E-state index in [-0.39, 0.29) is 18.3 Å². The number of benzene rings is 4. The van der Waals surface area contributed by atoms with E-state index in [0.29, 0.717) is 6.42 Å². The van der Waals surface area contributed by atoms with E-state index in [2.05, 4.69) is 16.4 Å². The van der Waals surface area contributed by atoms with E-state index in [0.717, 1.165) is 38.6 Å². The largest absolute Gasteiger partial charge is 0.271 e. The summed E-state index contributed by atoms with van der Waals surface area (Å²) < 4.78 is 13.8. The molecule has 0 N–H and O–H groups in total. The van der Waals surface area contributed by atoms with Gasteiger partial charge in [0, 0.05) is 6.42 Å². The third kappa shape index (κ3) is 4.24. The molecule has 3 amide bonds. The van der Waals surface area contributed by atoms with Crippen LogP contribution in [-0.4, -0.2) is 52.1 Å². The molecular formula is C31H23FN6O3. The number of carbonyl (C=O) groups is 3. The van der Waals surface area contributed by atoms with Crippen LogP contribution in [0.3, 0.4) is 0 Å². The third-order valence-electron chi connectivity index (χ3n) is 7.65. The summed E-state index contributed by atoms with van der Waals surface area (Å²) >= 11 is 0. The first-order valence-corrected chi connectivity index (χ1v) is 13.2. The van der Waals surface area contributed by atoms with E-state index in [1.807, 2.05) is 66.7 Å². The minimum Gasteiger partial charge on any atom is -0.271 e. The molecule has 0 spiro atoms. The maximum atomic E-state index is 13.8. The highest BCUT2D eigenvalue weighted by Crippen LogP contribution is 2.35. The van der Waals surface area contributed by atoms with Crippen molar-refractivity contribution >= 4 is 39.9 Å². The minimum absolute atomic E-state index is 0.115. The summed E-state index contributed by atoms with van der Waals surface area (Å²) in [7, 11) is 0. The van der Waals surface area contributed by atoms with Gasteiger partial charge >= 0.3 is 0 Å². The molecule has 7 rings (SSSR count). The van der Waals surface area contributed by atoms with Crippen LogP contribution in [0.4, 0.5) is 10.1 Å². The maximum absolute atomic E-state index is 13.8. The molecular weight excluding hydrogens is 523 g/mol. The van der Waals surface area contributed by atoms with Crippen LogP contribution in [0.1, 0.15) is 23.6 Å². The zero-order valence-electron chi connectivity index (χ0n) is 21.7. The van der Waals surface area contributed by atoms with Gasteiger partial charge in [-0.1, -0.05) is 78.0 Å². The Morgan fingerprint density at radius 2 is 1.63 bits per heavy atom. The molecule has 3 aliphatic heterocycles. The lowest BCUT2D eigenvalue weighted by Gasteiger charge is -2.25. The first-order valence-electron chi connectivity index (χ1n) is 13.2. The Balaban J connectivity index is 1.17. The molecule has 0 aliphatic carbocycles. The monoisotopic (exact) mass is 546 g/mol. The van der Waals surface area contributed by atoms with Gasteiger partial charge in [0.15, 0.2) is 12.1 Å². The van der Waals surface area contributed by atoms with E-state index >= 15 is 0 Å². The number of hydrazone groups is 1. The summed E-state index contributed by atoms with van der Waals surface area (Å²) in [5.41, 5.74) is 2.72. The highest BCUT2D eigenvalue weighted by Gasteiger charge is 2.55. The minimum atomic E-state index is -1.10. The zero-order valence-corrected chi connectivity index (χ0v) is 21.7. The van der Waals surface area contributed by atoms with Crippen molar-refractivity contribution in [3.8, 4) is 0 Å². The summed E-state index contributed by atoms with van der Waals surface area (Å²) in [6, 6.07) is 26.5. The van der Waals surface area contributed by atoms with Crippen molar-refractivity contribution in [3.05, 3.63) is 114 Å². The van der Waals surface area contributed by atoms with E-state index in [9.17, 15) is 18.8 Å². The van der Waals surface area contributed by atoms with Crippen LogP contribution in [0, 0.1) is 5.82 Å². The maximum Gasteiger partial charge on any atom is 0.264 e. The van der Waals surface area contributed by atoms with Gasteiger partial charge in [0.25, 0.3) is 17.7 Å². The summed E-state index contributed by atoms with van der Waals surface area (Å²) in [6.07, 6.45) is 0.506. The molecule has 0 aromatic heterocycles. The molecule has 10 heteroatoms. The fourth-order valence-electron chi connectivity index (χ4n) is 5.65. The van der Waals surface area contributed by atoms with Gasteiger partial charge in [-0.15, -0.1) is 0 Å². The molecule has 0 bridgehead atoms. The van der Waals surface area contributed by atoms with Gasteiger partial charge in [0.2, 0.25) is 0 Å². The van der Waals surface area contributed by atoms with Gasteiger partial charge in [-0.3, -0.25) is 19.4 Å². The number of anilines is 1. The normalized spacial score (nSPS) is 21.6. The number of nitrogens with zero attached hydrogens (tertiary/aromatic N) is 6. The quantitative estimate of drug-likeness (QED) is 0.341. The van der Waals surface area contributed by atoms with Crippen molar-refractivity contribution in [1.29, 1.82) is 0 Å². The second kappa shape index (κ2) is 9.74. The Morgan fingerprint density at radius 1 is 0.854 bits per heavy atom. The summed E-state index contributed by atoms with van der Waals surface area (Å²) in [5, 5.41) is 17.6. The number of hydrogen-bond acceptors (Lipinski definition) is 7. The van der Waals surface area contributed by atoms with Gasteiger partial charge in [-0.25, -0.2) is 14.3 Å². The molecule has 0 unspecified atom stereocenters. The lowest BCUT2D eigenvalue weighted by molar-refractivity contribution is -0.135. The third-order valence-corrected chi connectivity index (χ3v) is 7.65. The molecule has 4 aromatic rings. The van der Waals surface area contributed by atoms with Gasteiger partial charge in [0.1, 0.15) is 12.4 Å². The number of imide groups is 1. The second-order valence-corrected chi connectivity index (χ2v) is 10.2. The molecule has 3 aliphatic rings. The van der Waals surface area contributed by atoms with E-state index in [1.54, 1.807) is 0 Å². The highest BCUT2D eigenvalue weighted by atomic mass is 19.1. The molecule has 0 saturated carbocycles. The molecule has 1 saturated heterocycles. The molecule has 202 valence electrons. The molecule has 9 nitrogen and oxygen atoms in total. The predicted molar refractivity (Wildman–Crippen MR) is 149 cm³/mol. The summed E-state index contributed by atoms with van der Waals surface area (Å²) in [4.78, 5) is 41.0. The van der Waals surface area contributed by atoms with Gasteiger partial charge in [0.05, 0.1) is 17.4 Å². The number of hydrogen-bond donors (Lipinski definition) is 0. The highest BCUT2D eigenvalue weighted by molar-refractivity contribution is 6.25. The Kier molecular flexibility index (Phi) is 5.88. The number of amides is 3. The Labute approximate surface area is 234 Å². The summed E-state index contributed by atoms with van der Waals surface area (Å²) in [6.45, 7) is -0.307. The standard InChI is InChI=1S/C31H23FN6O3/c32-23-11-6-12-24(16-23)37-30(40)28-29(31(37)41)36(35-33-28)18-27(39)38-26(20-8-2-1-3-9-20)17-25(34-38)22-14-13-19-7-4-5-10-21(19)15-22/h1-16,26,28-29H,17-18H2/t26-,28+,29-/m0/s1. The SMILES string of the molecule is O=C1[C@@H]2[C@@H](N=NN2CC(=O)N2N=C(c3ccc4ccccc4c3)C[C@H]2c2ccccc2)C(=O)N1c1cccc(F)c1. The average Bonchev–Trinajstić information content (AvgIpc) is 3.68. The average molecular weight is 547 g/mol. The summed E-state index contributed by atoms with van der Waals surface area (Å²) in [5.74, 6) is -2.18. The van der Waals surface area contributed by atoms with Crippen molar-refractivity contribution in [2.45, 2.75) is 24.5 Å². The predicted octanol–water partition coefficient (Wildman–Crippen LogP) is 4.65. The first kappa shape index (κ1) is 24.8. The van der Waals surface area contributed by atoms with Crippen molar-refractivity contribution in [1.82, 2.24) is 10.0 Å². The van der Waals surface area contributed by atoms with Crippen molar-refractivity contribution in [3.63, 3.8) is 0 Å². The van der Waals surface area contributed by atoms with Crippen molar-refractivity contribution < 1.29 is 18.8 Å². The van der Waals surface area contributed by atoms with Gasteiger partial charge in [-0.05, 0) is 46.2 Å². The Bertz CT molecular complexity index is 1770. The lowest BCUT2D eigenvalue weighted by Crippen LogP contribution is -2.44. The number of rotatable bonds is 5. The Morgan fingerprint density at radius 3 is 2.44 bits per heavy atom. The Hall–Kier alpha value is -5.25. The van der Waals surface area contributed by atoms with Crippen LogP contribution in [0.15, 0.2) is 113 Å². The molecule has 41 heavy (non-hydrogen) atoms. The zero-order chi connectivity index (χ0) is 28.1. The van der Waals surface area contributed by atoms with Crippen LogP contribution in [0.2, 0.25) is 0 Å². The lowest BCUT2D eigenvalue weighted by atomic mass is 9.97. The molecule has 4 aromatic carbocycles. The number of carbonyl (C=O) groups excluding carboxylic acids is 3. The van der Waals surface area contributed by atoms with Gasteiger partial charge in [-0.2, -0.15) is 10.2 Å². The fraction of sp³-hybridized carbons (Fsp3) is 0.161. The van der Waals surface area contributed by atoms with Crippen LogP contribution in [-0.2, 0) is 14.4 Å². The topological polar surface area (TPSA) is 98.0 Å². The molecule has 3 heterocycles. The van der Waals surface area contributed by atoms with Crippen molar-refractivity contribution in [2.24, 2.45) is 15.4 Å². The second-order valence-electron chi connectivity index (χ2n) is 10.2. The van der Waals surface area contributed by atoms with Gasteiger partial charge < -0.3 is 0 Å². The first-order chi connectivity index (χ1) is 20.0. The number of halogens is 1. The molecule has 0 radical (unpaired) electrons. The van der Waals surface area contributed by atoms with Crippen LogP contribution in [0.25, 0.3) is 10.8 Å². The molecule has 3 atom stereocenters. The molecule has 1 fully saturated rings.